The van der Waals surface area contributed by atoms with Crippen molar-refractivity contribution < 1.29 is 5.21 Å². The Morgan fingerprint density at radius 3 is 2.00 bits per heavy atom. The molecular weight excluding hydrogens is 186 g/mol. The van der Waals surface area contributed by atoms with Gasteiger partial charge in [0.05, 0.1) is 5.71 Å². The van der Waals surface area contributed by atoms with Crippen molar-refractivity contribution >= 4 is 5.71 Å². The zero-order valence-corrected chi connectivity index (χ0v) is 8.69. The van der Waals surface area contributed by atoms with Crippen LogP contribution in [0, 0.1) is 11.8 Å². The minimum atomic E-state index is 0.489. The zero-order chi connectivity index (χ0) is 10.3. The lowest BCUT2D eigenvalue weighted by atomic mass is 9.94. The Morgan fingerprint density at radius 1 is 1.00 bits per heavy atom. The average molecular weight is 201 g/mol. The summed E-state index contributed by atoms with van der Waals surface area (Å²) in [7, 11) is 0. The van der Waals surface area contributed by atoms with E-state index < -0.39 is 0 Å². The molecule has 78 valence electrons. The van der Waals surface area contributed by atoms with Gasteiger partial charge in [-0.2, -0.15) is 0 Å². The molecule has 0 saturated heterocycles. The van der Waals surface area contributed by atoms with Gasteiger partial charge in [-0.05, 0) is 36.8 Å². The van der Waals surface area contributed by atoms with E-state index in [0.29, 0.717) is 11.8 Å². The molecule has 1 saturated carbocycles. The highest BCUT2D eigenvalue weighted by molar-refractivity contribution is 5.91. The molecule has 0 heterocycles. The number of oxime groups is 1. The lowest BCUT2D eigenvalue weighted by Gasteiger charge is -2.11. The molecule has 2 bridgehead atoms. The SMILES string of the molecule is O/N=C1/[C@@H]2CC[C@H]1Cc1ccccc1C2. The summed E-state index contributed by atoms with van der Waals surface area (Å²) in [4.78, 5) is 0. The molecule has 2 heteroatoms. The van der Waals surface area contributed by atoms with Crippen LogP contribution in [-0.4, -0.2) is 10.9 Å². The van der Waals surface area contributed by atoms with Crippen LogP contribution in [0.25, 0.3) is 0 Å². The van der Waals surface area contributed by atoms with Crippen LogP contribution in [-0.2, 0) is 12.8 Å². The second-order valence-electron chi connectivity index (χ2n) is 4.67. The van der Waals surface area contributed by atoms with Gasteiger partial charge >= 0.3 is 0 Å². The van der Waals surface area contributed by atoms with Crippen molar-refractivity contribution in [1.82, 2.24) is 0 Å². The first-order valence-corrected chi connectivity index (χ1v) is 5.67. The van der Waals surface area contributed by atoms with Gasteiger partial charge < -0.3 is 5.21 Å². The summed E-state index contributed by atoms with van der Waals surface area (Å²) in [5, 5.41) is 12.6. The van der Waals surface area contributed by atoms with Crippen molar-refractivity contribution in [3.8, 4) is 0 Å². The highest BCUT2D eigenvalue weighted by Gasteiger charge is 2.35. The van der Waals surface area contributed by atoms with Gasteiger partial charge in [0, 0.05) is 11.8 Å². The van der Waals surface area contributed by atoms with Crippen LogP contribution in [0.5, 0.6) is 0 Å². The van der Waals surface area contributed by atoms with Gasteiger partial charge in [-0.1, -0.05) is 29.4 Å². The summed E-state index contributed by atoms with van der Waals surface area (Å²) in [6, 6.07) is 8.64. The van der Waals surface area contributed by atoms with Crippen LogP contribution in [0.2, 0.25) is 0 Å². The fraction of sp³-hybridized carbons (Fsp3) is 0.462. The highest BCUT2D eigenvalue weighted by atomic mass is 16.4. The summed E-state index contributed by atoms with van der Waals surface area (Å²) in [6.07, 6.45) is 4.51. The van der Waals surface area contributed by atoms with Crippen molar-refractivity contribution in [3.05, 3.63) is 35.4 Å². The maximum Gasteiger partial charge on any atom is 0.0639 e. The van der Waals surface area contributed by atoms with Crippen LogP contribution in [0.15, 0.2) is 29.4 Å². The quantitative estimate of drug-likeness (QED) is 0.508. The van der Waals surface area contributed by atoms with Gasteiger partial charge in [0.15, 0.2) is 0 Å². The summed E-state index contributed by atoms with van der Waals surface area (Å²) >= 11 is 0. The molecule has 2 atom stereocenters. The molecule has 0 radical (unpaired) electrons. The van der Waals surface area contributed by atoms with E-state index in [2.05, 4.69) is 29.4 Å². The molecule has 0 amide bonds. The second-order valence-corrected chi connectivity index (χ2v) is 4.67. The lowest BCUT2D eigenvalue weighted by molar-refractivity contribution is 0.313. The fourth-order valence-electron chi connectivity index (χ4n) is 3.09. The van der Waals surface area contributed by atoms with Gasteiger partial charge in [0.2, 0.25) is 0 Å². The Balaban J connectivity index is 2.04. The zero-order valence-electron chi connectivity index (χ0n) is 8.69. The van der Waals surface area contributed by atoms with Crippen LogP contribution >= 0.6 is 0 Å². The Bertz CT molecular complexity index is 376. The average Bonchev–Trinajstić information content (AvgIpc) is 2.54. The molecule has 0 aromatic heterocycles. The van der Waals surface area contributed by atoms with E-state index in [1.807, 2.05) is 0 Å². The molecule has 1 N–H and O–H groups in total. The smallest absolute Gasteiger partial charge is 0.0639 e. The van der Waals surface area contributed by atoms with Crippen LogP contribution < -0.4 is 0 Å². The minimum absolute atomic E-state index is 0.489. The van der Waals surface area contributed by atoms with Gasteiger partial charge in [-0.3, -0.25) is 0 Å². The number of hydrogen-bond acceptors (Lipinski definition) is 2. The molecular formula is C13H15NO. The third-order valence-corrected chi connectivity index (χ3v) is 3.87. The van der Waals surface area contributed by atoms with E-state index in [-0.39, 0.29) is 0 Å². The van der Waals surface area contributed by atoms with Crippen LogP contribution in [0.4, 0.5) is 0 Å². The second kappa shape index (κ2) is 3.37. The van der Waals surface area contributed by atoms with E-state index in [4.69, 9.17) is 5.21 Å². The van der Waals surface area contributed by atoms with Gasteiger partial charge in [0.25, 0.3) is 0 Å². The molecule has 1 aromatic rings. The first kappa shape index (κ1) is 8.96. The maximum atomic E-state index is 9.06. The molecule has 1 fully saturated rings. The first-order chi connectivity index (χ1) is 7.38. The van der Waals surface area contributed by atoms with Crippen molar-refractivity contribution in [2.45, 2.75) is 25.7 Å². The third-order valence-electron chi connectivity index (χ3n) is 3.87. The molecule has 2 aliphatic rings. The number of benzene rings is 1. The number of rotatable bonds is 0. The Kier molecular flexibility index (Phi) is 2.01. The number of nitrogens with zero attached hydrogens (tertiary/aromatic N) is 1. The lowest BCUT2D eigenvalue weighted by Crippen LogP contribution is -2.14. The molecule has 2 aliphatic carbocycles. The molecule has 1 aromatic carbocycles. The molecule has 15 heavy (non-hydrogen) atoms. The molecule has 3 rings (SSSR count). The molecule has 0 unspecified atom stereocenters. The third kappa shape index (κ3) is 1.36. The van der Waals surface area contributed by atoms with E-state index in [1.54, 1.807) is 0 Å². The number of fused-ring (bicyclic) bond motifs is 3. The highest BCUT2D eigenvalue weighted by Crippen LogP contribution is 2.37. The van der Waals surface area contributed by atoms with Gasteiger partial charge in [-0.25, -0.2) is 0 Å². The van der Waals surface area contributed by atoms with Crippen molar-refractivity contribution in [2.75, 3.05) is 0 Å². The van der Waals surface area contributed by atoms with E-state index in [0.717, 1.165) is 18.6 Å². The fourth-order valence-corrected chi connectivity index (χ4v) is 3.09. The summed E-state index contributed by atoms with van der Waals surface area (Å²) in [6.45, 7) is 0. The Morgan fingerprint density at radius 2 is 1.53 bits per heavy atom. The van der Waals surface area contributed by atoms with E-state index >= 15 is 0 Å². The van der Waals surface area contributed by atoms with Crippen LogP contribution in [0.1, 0.15) is 24.0 Å². The van der Waals surface area contributed by atoms with Crippen LogP contribution in [0.3, 0.4) is 0 Å². The van der Waals surface area contributed by atoms with Gasteiger partial charge in [-0.15, -0.1) is 0 Å². The standard InChI is InChI=1S/C13H15NO/c15-14-13-11-5-6-12(13)8-10-4-2-1-3-9(10)7-11/h1-4,11-12,15H,5-8H2/b14-13-/t11-,12+/m1/s1. The maximum absolute atomic E-state index is 9.06. The summed E-state index contributed by atoms with van der Waals surface area (Å²) < 4.78 is 0. The topological polar surface area (TPSA) is 32.6 Å². The van der Waals surface area contributed by atoms with Crippen molar-refractivity contribution in [2.24, 2.45) is 17.0 Å². The van der Waals surface area contributed by atoms with Gasteiger partial charge in [0.1, 0.15) is 0 Å². The predicted octanol–water partition coefficient (Wildman–Crippen LogP) is 2.64. The molecule has 0 spiro atoms. The van der Waals surface area contributed by atoms with E-state index in [9.17, 15) is 0 Å². The largest absolute Gasteiger partial charge is 0.411 e. The normalized spacial score (nSPS) is 31.3. The Labute approximate surface area is 89.6 Å². The van der Waals surface area contributed by atoms with Crippen molar-refractivity contribution in [3.63, 3.8) is 0 Å². The number of hydrogen-bond donors (Lipinski definition) is 1. The first-order valence-electron chi connectivity index (χ1n) is 5.67. The van der Waals surface area contributed by atoms with Crippen molar-refractivity contribution in [1.29, 1.82) is 0 Å². The molecule has 2 nitrogen and oxygen atoms in total. The minimum Gasteiger partial charge on any atom is -0.411 e. The Hall–Kier alpha value is -1.31. The summed E-state index contributed by atoms with van der Waals surface area (Å²) in [5.41, 5.74) is 3.95. The van der Waals surface area contributed by atoms with E-state index in [1.165, 1.54) is 24.0 Å². The predicted molar refractivity (Wildman–Crippen MR) is 59.3 cm³/mol. The monoisotopic (exact) mass is 201 g/mol. The molecule has 0 aliphatic heterocycles. The summed E-state index contributed by atoms with van der Waals surface area (Å²) in [5.74, 6) is 0.979.